The standard InChI is InChI=1S/C10H14N4O2/c1-3-4-7(11)9-13-10(16-14-9)8-6(2)12-5-15-8/h5,7H,3-4,11H2,1-2H3. The van der Waals surface area contributed by atoms with Gasteiger partial charge in [-0.1, -0.05) is 18.5 Å². The van der Waals surface area contributed by atoms with Crippen molar-refractivity contribution in [1.29, 1.82) is 0 Å². The number of nitrogens with zero attached hydrogens (tertiary/aromatic N) is 3. The van der Waals surface area contributed by atoms with Gasteiger partial charge >= 0.3 is 0 Å². The van der Waals surface area contributed by atoms with Crippen LogP contribution in [0.4, 0.5) is 0 Å². The molecule has 0 bridgehead atoms. The van der Waals surface area contributed by atoms with Crippen LogP contribution in [0.15, 0.2) is 15.3 Å². The SMILES string of the molecule is CCCC(N)c1noc(-c2ocnc2C)n1. The third-order valence-corrected chi connectivity index (χ3v) is 2.31. The number of aromatic nitrogens is 3. The van der Waals surface area contributed by atoms with Crippen molar-refractivity contribution in [3.8, 4) is 11.7 Å². The molecule has 0 aliphatic carbocycles. The monoisotopic (exact) mass is 222 g/mol. The lowest BCUT2D eigenvalue weighted by Gasteiger charge is -2.02. The Balaban J connectivity index is 2.23. The third-order valence-electron chi connectivity index (χ3n) is 2.31. The molecule has 1 unspecified atom stereocenters. The Hall–Kier alpha value is -1.69. The second-order valence-corrected chi connectivity index (χ2v) is 3.62. The van der Waals surface area contributed by atoms with Crippen molar-refractivity contribution >= 4 is 0 Å². The van der Waals surface area contributed by atoms with Crippen molar-refractivity contribution in [2.45, 2.75) is 32.7 Å². The van der Waals surface area contributed by atoms with Gasteiger partial charge in [0.2, 0.25) is 5.76 Å². The number of nitrogens with two attached hydrogens (primary N) is 1. The third kappa shape index (κ3) is 1.96. The van der Waals surface area contributed by atoms with Gasteiger partial charge in [0.25, 0.3) is 5.89 Å². The molecule has 2 rings (SSSR count). The maximum Gasteiger partial charge on any atom is 0.295 e. The van der Waals surface area contributed by atoms with Gasteiger partial charge < -0.3 is 14.7 Å². The number of aryl methyl sites for hydroxylation is 1. The van der Waals surface area contributed by atoms with E-state index in [2.05, 4.69) is 22.0 Å². The van der Waals surface area contributed by atoms with E-state index in [-0.39, 0.29) is 6.04 Å². The van der Waals surface area contributed by atoms with E-state index >= 15 is 0 Å². The second kappa shape index (κ2) is 4.44. The van der Waals surface area contributed by atoms with Gasteiger partial charge in [-0.05, 0) is 13.3 Å². The topological polar surface area (TPSA) is 91.0 Å². The summed E-state index contributed by atoms with van der Waals surface area (Å²) in [6.07, 6.45) is 3.15. The van der Waals surface area contributed by atoms with E-state index in [1.165, 1.54) is 6.39 Å². The first-order valence-electron chi connectivity index (χ1n) is 5.22. The lowest BCUT2D eigenvalue weighted by Crippen LogP contribution is -2.11. The van der Waals surface area contributed by atoms with Gasteiger partial charge in [0.1, 0.15) is 0 Å². The van der Waals surface area contributed by atoms with E-state index in [0.29, 0.717) is 17.5 Å². The molecular weight excluding hydrogens is 208 g/mol. The van der Waals surface area contributed by atoms with Gasteiger partial charge in [-0.3, -0.25) is 0 Å². The highest BCUT2D eigenvalue weighted by molar-refractivity contribution is 5.46. The van der Waals surface area contributed by atoms with Crippen LogP contribution in [0.3, 0.4) is 0 Å². The minimum absolute atomic E-state index is 0.189. The highest BCUT2D eigenvalue weighted by Crippen LogP contribution is 2.22. The Labute approximate surface area is 92.9 Å². The Morgan fingerprint density at radius 3 is 2.94 bits per heavy atom. The Morgan fingerprint density at radius 2 is 2.31 bits per heavy atom. The Morgan fingerprint density at radius 1 is 1.50 bits per heavy atom. The van der Waals surface area contributed by atoms with E-state index in [9.17, 15) is 0 Å². The van der Waals surface area contributed by atoms with Crippen molar-refractivity contribution in [2.75, 3.05) is 0 Å². The first-order chi connectivity index (χ1) is 7.72. The maximum absolute atomic E-state index is 5.88. The van der Waals surface area contributed by atoms with Crippen molar-refractivity contribution in [3.05, 3.63) is 17.9 Å². The van der Waals surface area contributed by atoms with Gasteiger partial charge in [0.15, 0.2) is 12.2 Å². The molecule has 2 aromatic heterocycles. The van der Waals surface area contributed by atoms with Crippen LogP contribution in [0.2, 0.25) is 0 Å². The van der Waals surface area contributed by atoms with Crippen molar-refractivity contribution < 1.29 is 8.94 Å². The van der Waals surface area contributed by atoms with E-state index in [1.54, 1.807) is 0 Å². The molecule has 0 saturated heterocycles. The van der Waals surface area contributed by atoms with E-state index in [1.807, 2.05) is 6.92 Å². The fourth-order valence-corrected chi connectivity index (χ4v) is 1.42. The zero-order valence-corrected chi connectivity index (χ0v) is 9.30. The Kier molecular flexibility index (Phi) is 3.00. The fourth-order valence-electron chi connectivity index (χ4n) is 1.42. The maximum atomic E-state index is 5.88. The van der Waals surface area contributed by atoms with Gasteiger partial charge in [-0.25, -0.2) is 4.98 Å². The lowest BCUT2D eigenvalue weighted by molar-refractivity contribution is 0.401. The zero-order valence-electron chi connectivity index (χ0n) is 9.30. The van der Waals surface area contributed by atoms with Crippen LogP contribution in [0.5, 0.6) is 0 Å². The summed E-state index contributed by atoms with van der Waals surface area (Å²) in [6.45, 7) is 3.87. The normalized spacial score (nSPS) is 12.9. The summed E-state index contributed by atoms with van der Waals surface area (Å²) in [7, 11) is 0. The Bertz CT molecular complexity index is 463. The van der Waals surface area contributed by atoms with E-state index < -0.39 is 0 Å². The van der Waals surface area contributed by atoms with Gasteiger partial charge in [0.05, 0.1) is 11.7 Å². The summed E-state index contributed by atoms with van der Waals surface area (Å²) in [4.78, 5) is 8.15. The largest absolute Gasteiger partial charge is 0.438 e. The van der Waals surface area contributed by atoms with Gasteiger partial charge in [-0.2, -0.15) is 4.98 Å². The summed E-state index contributed by atoms with van der Waals surface area (Å²) in [6, 6.07) is -0.189. The average Bonchev–Trinajstić information content (AvgIpc) is 2.86. The van der Waals surface area contributed by atoms with Crippen LogP contribution < -0.4 is 5.73 Å². The molecule has 1 atom stereocenters. The zero-order chi connectivity index (χ0) is 11.5. The summed E-state index contributed by atoms with van der Waals surface area (Å²) < 4.78 is 10.2. The quantitative estimate of drug-likeness (QED) is 0.848. The van der Waals surface area contributed by atoms with Crippen molar-refractivity contribution in [1.82, 2.24) is 15.1 Å². The fraction of sp³-hybridized carbons (Fsp3) is 0.500. The molecule has 2 heterocycles. The molecule has 2 aromatic rings. The first-order valence-corrected chi connectivity index (χ1v) is 5.22. The first kappa shape index (κ1) is 10.8. The molecule has 86 valence electrons. The van der Waals surface area contributed by atoms with Crippen molar-refractivity contribution in [3.63, 3.8) is 0 Å². The average molecular weight is 222 g/mol. The van der Waals surface area contributed by atoms with E-state index in [4.69, 9.17) is 14.7 Å². The van der Waals surface area contributed by atoms with Crippen LogP contribution in [-0.4, -0.2) is 15.1 Å². The molecule has 16 heavy (non-hydrogen) atoms. The predicted molar refractivity (Wildman–Crippen MR) is 56.4 cm³/mol. The highest BCUT2D eigenvalue weighted by Gasteiger charge is 2.18. The summed E-state index contributed by atoms with van der Waals surface area (Å²) in [5.74, 6) is 1.34. The minimum Gasteiger partial charge on any atom is -0.438 e. The number of hydrogen-bond acceptors (Lipinski definition) is 6. The second-order valence-electron chi connectivity index (χ2n) is 3.62. The van der Waals surface area contributed by atoms with Crippen LogP contribution in [0, 0.1) is 6.92 Å². The highest BCUT2D eigenvalue weighted by atomic mass is 16.5. The minimum atomic E-state index is -0.189. The molecule has 6 heteroatoms. The molecule has 0 saturated carbocycles. The van der Waals surface area contributed by atoms with Gasteiger partial charge in [-0.15, -0.1) is 0 Å². The number of hydrogen-bond donors (Lipinski definition) is 1. The molecule has 6 nitrogen and oxygen atoms in total. The molecule has 2 N–H and O–H groups in total. The molecule has 0 spiro atoms. The van der Waals surface area contributed by atoms with E-state index in [0.717, 1.165) is 18.5 Å². The van der Waals surface area contributed by atoms with Crippen LogP contribution in [0.1, 0.15) is 37.3 Å². The summed E-state index contributed by atoms with van der Waals surface area (Å²) in [5, 5.41) is 3.83. The molecule has 0 aliphatic rings. The predicted octanol–water partition coefficient (Wildman–Crippen LogP) is 1.83. The molecule has 0 fully saturated rings. The van der Waals surface area contributed by atoms with Crippen LogP contribution in [-0.2, 0) is 0 Å². The lowest BCUT2D eigenvalue weighted by atomic mass is 10.2. The molecule has 0 radical (unpaired) electrons. The molecular formula is C10H14N4O2. The summed E-state index contributed by atoms with van der Waals surface area (Å²) >= 11 is 0. The molecule has 0 amide bonds. The number of rotatable bonds is 4. The van der Waals surface area contributed by atoms with Crippen LogP contribution in [0.25, 0.3) is 11.7 Å². The molecule has 0 aromatic carbocycles. The summed E-state index contributed by atoms with van der Waals surface area (Å²) in [5.41, 5.74) is 6.60. The smallest absolute Gasteiger partial charge is 0.295 e. The van der Waals surface area contributed by atoms with Gasteiger partial charge in [0, 0.05) is 0 Å². The molecule has 0 aliphatic heterocycles. The van der Waals surface area contributed by atoms with Crippen molar-refractivity contribution in [2.24, 2.45) is 5.73 Å². The number of oxazole rings is 1. The van der Waals surface area contributed by atoms with Crippen LogP contribution >= 0.6 is 0 Å².